The Kier molecular flexibility index (Phi) is 3.92. The van der Waals surface area contributed by atoms with Gasteiger partial charge in [0.25, 0.3) is 0 Å². The maximum atomic E-state index is 6.41. The standard InChI is InChI=1S/C25H17N7O2/c1-15-19-20(16-7-5-11-26-13-16)21-23-28-22(18-10-6-12-33-18)30-31(23)14-27-24(21)34-25(19)32(29-15)17-8-3-2-4-9-17/h2-14,20H,1H3/t20-/m0/s1. The number of para-hydroxylation sites is 1. The molecular formula is C25H17N7O2. The molecule has 6 aromatic rings. The molecule has 9 heteroatoms. The molecule has 0 saturated carbocycles. The molecule has 0 aliphatic carbocycles. The van der Waals surface area contributed by atoms with E-state index in [0.29, 0.717) is 29.0 Å². The van der Waals surface area contributed by atoms with Crippen molar-refractivity contribution in [3.05, 3.63) is 102 Å². The lowest BCUT2D eigenvalue weighted by molar-refractivity contribution is 0.402. The second-order valence-corrected chi connectivity index (χ2v) is 8.02. The first-order valence-corrected chi connectivity index (χ1v) is 10.8. The largest absolute Gasteiger partial charge is 0.461 e. The number of nitrogens with zero attached hydrogens (tertiary/aromatic N) is 7. The van der Waals surface area contributed by atoms with Crippen LogP contribution in [-0.2, 0) is 0 Å². The summed E-state index contributed by atoms with van der Waals surface area (Å²) in [5.41, 5.74) is 5.14. The highest BCUT2D eigenvalue weighted by molar-refractivity contribution is 5.67. The topological polar surface area (TPSA) is 96.2 Å². The van der Waals surface area contributed by atoms with Gasteiger partial charge in [-0.25, -0.2) is 19.2 Å². The summed E-state index contributed by atoms with van der Waals surface area (Å²) >= 11 is 0. The fourth-order valence-electron chi connectivity index (χ4n) is 4.51. The van der Waals surface area contributed by atoms with E-state index in [1.54, 1.807) is 23.3 Å². The molecule has 0 amide bonds. The number of fused-ring (bicyclic) bond motifs is 4. The summed E-state index contributed by atoms with van der Waals surface area (Å²) in [7, 11) is 0. The van der Waals surface area contributed by atoms with Gasteiger partial charge in [0.1, 0.15) is 6.33 Å². The van der Waals surface area contributed by atoms with Crippen LogP contribution in [0.1, 0.15) is 28.3 Å². The predicted molar refractivity (Wildman–Crippen MR) is 122 cm³/mol. The smallest absolute Gasteiger partial charge is 0.230 e. The third-order valence-electron chi connectivity index (χ3n) is 5.98. The molecule has 1 aromatic carbocycles. The highest BCUT2D eigenvalue weighted by Gasteiger charge is 2.38. The zero-order chi connectivity index (χ0) is 22.6. The van der Waals surface area contributed by atoms with Crippen molar-refractivity contribution in [2.75, 3.05) is 0 Å². The van der Waals surface area contributed by atoms with Gasteiger partial charge in [0.2, 0.25) is 17.6 Å². The molecule has 1 aliphatic heterocycles. The van der Waals surface area contributed by atoms with Gasteiger partial charge in [0.05, 0.1) is 34.7 Å². The number of ether oxygens (including phenoxy) is 1. The van der Waals surface area contributed by atoms with Gasteiger partial charge < -0.3 is 9.15 Å². The quantitative estimate of drug-likeness (QED) is 0.392. The van der Waals surface area contributed by atoms with Crippen LogP contribution in [0.25, 0.3) is 22.9 Å². The maximum absolute atomic E-state index is 6.41. The van der Waals surface area contributed by atoms with E-state index in [-0.39, 0.29) is 5.92 Å². The van der Waals surface area contributed by atoms with Crippen LogP contribution in [0, 0.1) is 6.92 Å². The molecule has 0 saturated heterocycles. The predicted octanol–water partition coefficient (Wildman–Crippen LogP) is 4.56. The Hall–Kier alpha value is -4.79. The first kappa shape index (κ1) is 18.8. The highest BCUT2D eigenvalue weighted by Crippen LogP contribution is 2.49. The molecule has 0 bridgehead atoms. The van der Waals surface area contributed by atoms with Gasteiger partial charge in [-0.1, -0.05) is 24.3 Å². The molecule has 9 nitrogen and oxygen atoms in total. The second kappa shape index (κ2) is 7.11. The Balaban J connectivity index is 1.51. The van der Waals surface area contributed by atoms with E-state index in [1.807, 2.05) is 72.4 Å². The van der Waals surface area contributed by atoms with Crippen LogP contribution in [0.5, 0.6) is 11.8 Å². The fraction of sp³-hybridized carbons (Fsp3) is 0.0800. The van der Waals surface area contributed by atoms with Crippen molar-refractivity contribution in [3.63, 3.8) is 0 Å². The number of aryl methyl sites for hydroxylation is 1. The maximum Gasteiger partial charge on any atom is 0.230 e. The van der Waals surface area contributed by atoms with Gasteiger partial charge >= 0.3 is 0 Å². The summed E-state index contributed by atoms with van der Waals surface area (Å²) in [5.74, 6) is 1.92. The van der Waals surface area contributed by atoms with Crippen molar-refractivity contribution in [1.82, 2.24) is 34.3 Å². The van der Waals surface area contributed by atoms with Crippen LogP contribution < -0.4 is 4.74 Å². The van der Waals surface area contributed by atoms with Crippen LogP contribution >= 0.6 is 0 Å². The highest BCUT2D eigenvalue weighted by atomic mass is 16.5. The minimum Gasteiger partial charge on any atom is -0.461 e. The van der Waals surface area contributed by atoms with Gasteiger partial charge in [0, 0.05) is 12.4 Å². The first-order chi connectivity index (χ1) is 16.8. The van der Waals surface area contributed by atoms with E-state index in [4.69, 9.17) is 19.2 Å². The van der Waals surface area contributed by atoms with Crippen LogP contribution in [0.4, 0.5) is 0 Å². The molecule has 7 rings (SSSR count). The minimum atomic E-state index is -0.241. The van der Waals surface area contributed by atoms with Crippen molar-refractivity contribution in [2.24, 2.45) is 0 Å². The molecule has 0 spiro atoms. The van der Waals surface area contributed by atoms with Crippen molar-refractivity contribution >= 4 is 5.65 Å². The van der Waals surface area contributed by atoms with E-state index in [0.717, 1.165) is 28.1 Å². The van der Waals surface area contributed by atoms with Gasteiger partial charge in [-0.2, -0.15) is 5.10 Å². The number of hydrogen-bond acceptors (Lipinski definition) is 7. The van der Waals surface area contributed by atoms with Gasteiger partial charge in [-0.15, -0.1) is 5.10 Å². The van der Waals surface area contributed by atoms with E-state index in [9.17, 15) is 0 Å². The Morgan fingerprint density at radius 1 is 0.941 bits per heavy atom. The van der Waals surface area contributed by atoms with E-state index >= 15 is 0 Å². The molecule has 6 heterocycles. The molecule has 1 atom stereocenters. The molecule has 34 heavy (non-hydrogen) atoms. The van der Waals surface area contributed by atoms with Gasteiger partial charge in [0.15, 0.2) is 11.4 Å². The van der Waals surface area contributed by atoms with Gasteiger partial charge in [-0.05, 0) is 42.8 Å². The number of hydrogen-bond donors (Lipinski definition) is 0. The van der Waals surface area contributed by atoms with Crippen LogP contribution in [-0.4, -0.2) is 34.3 Å². The Morgan fingerprint density at radius 2 is 1.85 bits per heavy atom. The van der Waals surface area contributed by atoms with Gasteiger partial charge in [-0.3, -0.25) is 4.98 Å². The molecule has 164 valence electrons. The lowest BCUT2D eigenvalue weighted by atomic mass is 9.85. The van der Waals surface area contributed by atoms with Crippen LogP contribution in [0.3, 0.4) is 0 Å². The summed E-state index contributed by atoms with van der Waals surface area (Å²) < 4.78 is 15.4. The summed E-state index contributed by atoms with van der Waals surface area (Å²) in [5, 5.41) is 9.41. The van der Waals surface area contributed by atoms with E-state index in [1.165, 1.54) is 0 Å². The monoisotopic (exact) mass is 447 g/mol. The third-order valence-corrected chi connectivity index (χ3v) is 5.98. The Morgan fingerprint density at radius 3 is 2.65 bits per heavy atom. The second-order valence-electron chi connectivity index (χ2n) is 8.02. The Bertz CT molecular complexity index is 1640. The van der Waals surface area contributed by atoms with Crippen molar-refractivity contribution in [1.29, 1.82) is 0 Å². The van der Waals surface area contributed by atoms with Crippen LogP contribution in [0.2, 0.25) is 0 Å². The zero-order valence-electron chi connectivity index (χ0n) is 18.0. The molecule has 0 unspecified atom stereocenters. The van der Waals surface area contributed by atoms with E-state index in [2.05, 4.69) is 15.1 Å². The number of benzene rings is 1. The number of rotatable bonds is 3. The summed E-state index contributed by atoms with van der Waals surface area (Å²) in [4.78, 5) is 13.8. The lowest BCUT2D eigenvalue weighted by Crippen LogP contribution is -2.16. The molecular weight excluding hydrogens is 430 g/mol. The number of furan rings is 1. The summed E-state index contributed by atoms with van der Waals surface area (Å²) in [6.45, 7) is 1.99. The molecule has 0 fully saturated rings. The number of pyridine rings is 1. The third kappa shape index (κ3) is 2.70. The molecule has 1 aliphatic rings. The fourth-order valence-corrected chi connectivity index (χ4v) is 4.51. The molecule has 5 aromatic heterocycles. The average Bonchev–Trinajstić information content (AvgIpc) is 3.63. The zero-order valence-corrected chi connectivity index (χ0v) is 18.0. The average molecular weight is 447 g/mol. The van der Waals surface area contributed by atoms with E-state index < -0.39 is 0 Å². The first-order valence-electron chi connectivity index (χ1n) is 10.8. The lowest BCUT2D eigenvalue weighted by Gasteiger charge is -2.26. The van der Waals surface area contributed by atoms with Crippen molar-refractivity contribution < 1.29 is 9.15 Å². The Labute approximate surface area is 193 Å². The minimum absolute atomic E-state index is 0.241. The van der Waals surface area contributed by atoms with Crippen molar-refractivity contribution in [3.8, 4) is 29.0 Å². The SMILES string of the molecule is Cc1nn(-c2ccccc2)c2c1[C@H](c1cccnc1)c1c(ncn3nc(-c4ccco4)nc13)O2. The molecule has 0 radical (unpaired) electrons. The summed E-state index contributed by atoms with van der Waals surface area (Å²) in [6, 6.07) is 17.5. The summed E-state index contributed by atoms with van der Waals surface area (Å²) in [6.07, 6.45) is 6.82. The normalized spacial score (nSPS) is 14.6. The van der Waals surface area contributed by atoms with Crippen LogP contribution in [0.15, 0.2) is 84.0 Å². The number of aromatic nitrogens is 7. The van der Waals surface area contributed by atoms with Crippen molar-refractivity contribution in [2.45, 2.75) is 12.8 Å². The molecule has 0 N–H and O–H groups in total.